The number of anilines is 1. The Balaban J connectivity index is 2.22. The van der Waals surface area contributed by atoms with Gasteiger partial charge >= 0.3 is 0 Å². The van der Waals surface area contributed by atoms with E-state index in [-0.39, 0.29) is 0 Å². The summed E-state index contributed by atoms with van der Waals surface area (Å²) in [4.78, 5) is 0. The Morgan fingerprint density at radius 3 is 2.47 bits per heavy atom. The number of benzene rings is 1. The molecule has 0 fully saturated rings. The SMILES string of the molecule is Cc1ccc(Cc2cnn(C)c2N)cc1. The van der Waals surface area contributed by atoms with E-state index in [2.05, 4.69) is 36.3 Å². The third-order valence-electron chi connectivity index (χ3n) is 2.58. The van der Waals surface area contributed by atoms with Crippen molar-refractivity contribution in [2.75, 3.05) is 5.73 Å². The minimum Gasteiger partial charge on any atom is -0.384 e. The van der Waals surface area contributed by atoms with Gasteiger partial charge in [0.25, 0.3) is 0 Å². The molecule has 0 spiro atoms. The van der Waals surface area contributed by atoms with Crippen LogP contribution in [0.4, 0.5) is 5.82 Å². The summed E-state index contributed by atoms with van der Waals surface area (Å²) >= 11 is 0. The summed E-state index contributed by atoms with van der Waals surface area (Å²) in [5.41, 5.74) is 9.51. The molecule has 78 valence electrons. The summed E-state index contributed by atoms with van der Waals surface area (Å²) in [6.07, 6.45) is 2.68. The Morgan fingerprint density at radius 1 is 1.27 bits per heavy atom. The molecule has 1 aromatic heterocycles. The molecule has 0 saturated carbocycles. The molecule has 0 aliphatic rings. The van der Waals surface area contributed by atoms with Gasteiger partial charge in [-0.3, -0.25) is 4.68 Å². The molecule has 3 heteroatoms. The predicted octanol–water partition coefficient (Wildman–Crippen LogP) is 1.90. The van der Waals surface area contributed by atoms with E-state index >= 15 is 0 Å². The van der Waals surface area contributed by atoms with E-state index < -0.39 is 0 Å². The van der Waals surface area contributed by atoms with E-state index in [1.54, 1.807) is 4.68 Å². The molecule has 1 heterocycles. The van der Waals surface area contributed by atoms with E-state index in [4.69, 9.17) is 5.73 Å². The van der Waals surface area contributed by atoms with Gasteiger partial charge in [0, 0.05) is 19.0 Å². The maximum atomic E-state index is 5.88. The van der Waals surface area contributed by atoms with Gasteiger partial charge in [-0.25, -0.2) is 0 Å². The largest absolute Gasteiger partial charge is 0.384 e. The third-order valence-corrected chi connectivity index (χ3v) is 2.58. The molecule has 0 atom stereocenters. The Kier molecular flexibility index (Phi) is 2.46. The average molecular weight is 201 g/mol. The van der Waals surface area contributed by atoms with Gasteiger partial charge in [-0.1, -0.05) is 29.8 Å². The lowest BCUT2D eigenvalue weighted by Gasteiger charge is -2.01. The van der Waals surface area contributed by atoms with Crippen LogP contribution in [-0.2, 0) is 13.5 Å². The van der Waals surface area contributed by atoms with Gasteiger partial charge in [-0.15, -0.1) is 0 Å². The lowest BCUT2D eigenvalue weighted by atomic mass is 10.1. The van der Waals surface area contributed by atoms with Crippen LogP contribution < -0.4 is 5.73 Å². The molecule has 0 saturated heterocycles. The Bertz CT molecular complexity index is 454. The zero-order valence-corrected chi connectivity index (χ0v) is 9.07. The van der Waals surface area contributed by atoms with Gasteiger partial charge < -0.3 is 5.73 Å². The summed E-state index contributed by atoms with van der Waals surface area (Å²) in [6, 6.07) is 8.48. The molecular formula is C12H15N3. The van der Waals surface area contributed by atoms with Gasteiger partial charge in [0.05, 0.1) is 6.20 Å². The first-order valence-corrected chi connectivity index (χ1v) is 4.98. The highest BCUT2D eigenvalue weighted by atomic mass is 15.3. The van der Waals surface area contributed by atoms with Gasteiger partial charge in [0.15, 0.2) is 0 Å². The van der Waals surface area contributed by atoms with Gasteiger partial charge in [0.2, 0.25) is 0 Å². The van der Waals surface area contributed by atoms with Crippen LogP contribution in [0.3, 0.4) is 0 Å². The number of nitrogens with two attached hydrogens (primary N) is 1. The maximum Gasteiger partial charge on any atom is 0.124 e. The minimum absolute atomic E-state index is 0.746. The Labute approximate surface area is 89.5 Å². The van der Waals surface area contributed by atoms with Crippen LogP contribution in [0.5, 0.6) is 0 Å². The second kappa shape index (κ2) is 3.77. The summed E-state index contributed by atoms with van der Waals surface area (Å²) in [6.45, 7) is 2.09. The second-order valence-corrected chi connectivity index (χ2v) is 3.84. The molecule has 0 aliphatic carbocycles. The van der Waals surface area contributed by atoms with E-state index in [1.807, 2.05) is 13.2 Å². The van der Waals surface area contributed by atoms with E-state index in [0.717, 1.165) is 17.8 Å². The highest BCUT2D eigenvalue weighted by Crippen LogP contribution is 2.15. The summed E-state index contributed by atoms with van der Waals surface area (Å²) in [5, 5.41) is 4.12. The highest BCUT2D eigenvalue weighted by Gasteiger charge is 2.04. The first-order chi connectivity index (χ1) is 7.16. The smallest absolute Gasteiger partial charge is 0.124 e. The van der Waals surface area contributed by atoms with Crippen LogP contribution in [0.2, 0.25) is 0 Å². The fraction of sp³-hybridized carbons (Fsp3) is 0.250. The van der Waals surface area contributed by atoms with Crippen molar-refractivity contribution in [3.05, 3.63) is 47.2 Å². The quantitative estimate of drug-likeness (QED) is 0.806. The van der Waals surface area contributed by atoms with E-state index in [0.29, 0.717) is 0 Å². The lowest BCUT2D eigenvalue weighted by Crippen LogP contribution is -2.00. The van der Waals surface area contributed by atoms with Gasteiger partial charge in [0.1, 0.15) is 5.82 Å². The maximum absolute atomic E-state index is 5.88. The van der Waals surface area contributed by atoms with Crippen LogP contribution in [0.1, 0.15) is 16.7 Å². The van der Waals surface area contributed by atoms with Crippen molar-refractivity contribution in [1.29, 1.82) is 0 Å². The van der Waals surface area contributed by atoms with Crippen LogP contribution in [-0.4, -0.2) is 9.78 Å². The fourth-order valence-electron chi connectivity index (χ4n) is 1.55. The zero-order chi connectivity index (χ0) is 10.8. The van der Waals surface area contributed by atoms with Gasteiger partial charge in [-0.05, 0) is 12.5 Å². The van der Waals surface area contributed by atoms with Crippen LogP contribution in [0, 0.1) is 6.92 Å². The summed E-state index contributed by atoms with van der Waals surface area (Å²) in [7, 11) is 1.86. The summed E-state index contributed by atoms with van der Waals surface area (Å²) < 4.78 is 1.70. The molecule has 3 nitrogen and oxygen atoms in total. The molecule has 0 radical (unpaired) electrons. The number of aromatic nitrogens is 2. The molecule has 0 amide bonds. The number of nitrogens with zero attached hydrogens (tertiary/aromatic N) is 2. The fourth-order valence-corrected chi connectivity index (χ4v) is 1.55. The number of hydrogen-bond acceptors (Lipinski definition) is 2. The van der Waals surface area contributed by atoms with Crippen LogP contribution >= 0.6 is 0 Å². The topological polar surface area (TPSA) is 43.8 Å². The molecular weight excluding hydrogens is 186 g/mol. The number of nitrogen functional groups attached to an aromatic ring is 1. The molecule has 2 rings (SSSR count). The zero-order valence-electron chi connectivity index (χ0n) is 9.07. The Morgan fingerprint density at radius 2 is 1.93 bits per heavy atom. The van der Waals surface area contributed by atoms with Crippen molar-refractivity contribution in [2.24, 2.45) is 7.05 Å². The predicted molar refractivity (Wildman–Crippen MR) is 61.6 cm³/mol. The standard InChI is InChI=1S/C12H15N3/c1-9-3-5-10(6-4-9)7-11-8-14-15(2)12(11)13/h3-6,8H,7,13H2,1-2H3. The molecule has 0 aliphatic heterocycles. The van der Waals surface area contributed by atoms with Crippen molar-refractivity contribution >= 4 is 5.82 Å². The Hall–Kier alpha value is -1.77. The molecule has 0 bridgehead atoms. The molecule has 15 heavy (non-hydrogen) atoms. The molecule has 2 N–H and O–H groups in total. The van der Waals surface area contributed by atoms with Crippen LogP contribution in [0.15, 0.2) is 30.5 Å². The third kappa shape index (κ3) is 2.01. The molecule has 0 unspecified atom stereocenters. The van der Waals surface area contributed by atoms with Crippen molar-refractivity contribution in [3.63, 3.8) is 0 Å². The molecule has 1 aromatic carbocycles. The lowest BCUT2D eigenvalue weighted by molar-refractivity contribution is 0.778. The normalized spacial score (nSPS) is 10.5. The first-order valence-electron chi connectivity index (χ1n) is 4.98. The minimum atomic E-state index is 0.746. The van der Waals surface area contributed by atoms with Crippen molar-refractivity contribution < 1.29 is 0 Å². The second-order valence-electron chi connectivity index (χ2n) is 3.84. The first kappa shape index (κ1) is 9.77. The van der Waals surface area contributed by atoms with E-state index in [1.165, 1.54) is 11.1 Å². The number of aryl methyl sites for hydroxylation is 2. The average Bonchev–Trinajstić information content (AvgIpc) is 2.53. The number of rotatable bonds is 2. The van der Waals surface area contributed by atoms with E-state index in [9.17, 15) is 0 Å². The summed E-state index contributed by atoms with van der Waals surface area (Å²) in [5.74, 6) is 0.746. The highest BCUT2D eigenvalue weighted by molar-refractivity contribution is 5.41. The van der Waals surface area contributed by atoms with Gasteiger partial charge in [-0.2, -0.15) is 5.10 Å². The molecule has 2 aromatic rings. The van der Waals surface area contributed by atoms with Crippen molar-refractivity contribution in [2.45, 2.75) is 13.3 Å². The van der Waals surface area contributed by atoms with Crippen molar-refractivity contribution in [1.82, 2.24) is 9.78 Å². The number of hydrogen-bond donors (Lipinski definition) is 1. The van der Waals surface area contributed by atoms with Crippen LogP contribution in [0.25, 0.3) is 0 Å². The monoisotopic (exact) mass is 201 g/mol. The van der Waals surface area contributed by atoms with Crippen molar-refractivity contribution in [3.8, 4) is 0 Å².